The second-order valence-corrected chi connectivity index (χ2v) is 6.42. The van der Waals surface area contributed by atoms with E-state index in [1.54, 1.807) is 38.3 Å². The van der Waals surface area contributed by atoms with Crippen LogP contribution < -0.4 is 10.1 Å². The van der Waals surface area contributed by atoms with Crippen molar-refractivity contribution in [2.45, 2.75) is 39.2 Å². The predicted octanol–water partition coefficient (Wildman–Crippen LogP) is 3.93. The van der Waals surface area contributed by atoms with Gasteiger partial charge in [-0.25, -0.2) is 0 Å². The zero-order valence-electron chi connectivity index (χ0n) is 15.6. The Balaban J connectivity index is 1.86. The molecule has 0 saturated heterocycles. The molecule has 0 aliphatic carbocycles. The fourth-order valence-electron chi connectivity index (χ4n) is 2.40. The van der Waals surface area contributed by atoms with E-state index in [4.69, 9.17) is 9.47 Å². The molecule has 0 aliphatic heterocycles. The van der Waals surface area contributed by atoms with Crippen molar-refractivity contribution in [1.29, 1.82) is 0 Å². The van der Waals surface area contributed by atoms with Crippen LogP contribution in [0.2, 0.25) is 0 Å². The molecular formula is C21H25NO4. The lowest BCUT2D eigenvalue weighted by molar-refractivity contribution is -0.152. The second kappa shape index (κ2) is 9.04. The highest BCUT2D eigenvalue weighted by Crippen LogP contribution is 2.17. The largest absolute Gasteiger partial charge is 0.497 e. The first-order valence-electron chi connectivity index (χ1n) is 8.62. The maximum atomic E-state index is 12.2. The first-order chi connectivity index (χ1) is 12.4. The van der Waals surface area contributed by atoms with Gasteiger partial charge in [-0.15, -0.1) is 0 Å². The van der Waals surface area contributed by atoms with Crippen molar-refractivity contribution in [3.8, 4) is 5.75 Å². The van der Waals surface area contributed by atoms with Crippen LogP contribution in [-0.4, -0.2) is 25.1 Å². The number of hydrogen-bond donors (Lipinski definition) is 1. The number of amides is 1. The lowest BCUT2D eigenvalue weighted by Gasteiger charge is -2.14. The van der Waals surface area contributed by atoms with Gasteiger partial charge < -0.3 is 14.8 Å². The number of carbonyl (C=O) groups is 2. The van der Waals surface area contributed by atoms with Gasteiger partial charge in [0.05, 0.1) is 13.5 Å². The van der Waals surface area contributed by atoms with Crippen LogP contribution in [0.3, 0.4) is 0 Å². The maximum Gasteiger partial charge on any atom is 0.311 e. The van der Waals surface area contributed by atoms with Gasteiger partial charge in [-0.1, -0.05) is 38.1 Å². The number of nitrogens with one attached hydrogen (secondary N) is 1. The minimum absolute atomic E-state index is 0.102. The highest BCUT2D eigenvalue weighted by atomic mass is 16.5. The van der Waals surface area contributed by atoms with Crippen molar-refractivity contribution in [2.75, 3.05) is 12.4 Å². The van der Waals surface area contributed by atoms with E-state index in [9.17, 15) is 9.59 Å². The summed E-state index contributed by atoms with van der Waals surface area (Å²) in [5.74, 6) is 0.342. The molecule has 2 rings (SSSR count). The fraction of sp³-hybridized carbons (Fsp3) is 0.333. The summed E-state index contributed by atoms with van der Waals surface area (Å²) in [7, 11) is 1.58. The molecule has 0 spiro atoms. The summed E-state index contributed by atoms with van der Waals surface area (Å²) in [6.45, 7) is 5.78. The molecule has 0 saturated carbocycles. The Kier molecular flexibility index (Phi) is 6.78. The zero-order chi connectivity index (χ0) is 19.1. The smallest absolute Gasteiger partial charge is 0.311 e. The molecule has 5 nitrogen and oxygen atoms in total. The first kappa shape index (κ1) is 19.5. The van der Waals surface area contributed by atoms with Gasteiger partial charge in [-0.2, -0.15) is 0 Å². The van der Waals surface area contributed by atoms with Crippen LogP contribution in [0.15, 0.2) is 48.5 Å². The topological polar surface area (TPSA) is 64.6 Å². The third kappa shape index (κ3) is 5.62. The van der Waals surface area contributed by atoms with Gasteiger partial charge in [0, 0.05) is 5.69 Å². The summed E-state index contributed by atoms with van der Waals surface area (Å²) < 4.78 is 10.3. The van der Waals surface area contributed by atoms with E-state index in [0.717, 1.165) is 11.3 Å². The summed E-state index contributed by atoms with van der Waals surface area (Å²) in [5, 5.41) is 2.76. The van der Waals surface area contributed by atoms with Gasteiger partial charge in [0.1, 0.15) is 5.75 Å². The molecule has 0 aromatic heterocycles. The first-order valence-corrected chi connectivity index (χ1v) is 8.62. The van der Waals surface area contributed by atoms with Crippen LogP contribution in [0.1, 0.15) is 37.8 Å². The van der Waals surface area contributed by atoms with Crippen molar-refractivity contribution in [1.82, 2.24) is 0 Å². The predicted molar refractivity (Wildman–Crippen MR) is 101 cm³/mol. The molecule has 138 valence electrons. The van der Waals surface area contributed by atoms with E-state index in [1.807, 2.05) is 24.3 Å². The molecular weight excluding hydrogens is 330 g/mol. The van der Waals surface area contributed by atoms with Gasteiger partial charge in [0.25, 0.3) is 5.91 Å². The van der Waals surface area contributed by atoms with E-state index in [-0.39, 0.29) is 12.3 Å². The Morgan fingerprint density at radius 1 is 0.962 bits per heavy atom. The van der Waals surface area contributed by atoms with E-state index >= 15 is 0 Å². The number of rotatable bonds is 7. The Bertz CT molecular complexity index is 736. The number of anilines is 1. The maximum absolute atomic E-state index is 12.2. The van der Waals surface area contributed by atoms with Crippen molar-refractivity contribution < 1.29 is 19.1 Å². The summed E-state index contributed by atoms with van der Waals surface area (Å²) in [6.07, 6.45) is -0.768. The van der Waals surface area contributed by atoms with Crippen molar-refractivity contribution in [3.05, 3.63) is 59.7 Å². The lowest BCUT2D eigenvalue weighted by atomic mass is 10.0. The van der Waals surface area contributed by atoms with Gasteiger partial charge in [0.15, 0.2) is 6.10 Å². The number of carbonyl (C=O) groups excluding carboxylic acids is 2. The Morgan fingerprint density at radius 2 is 1.58 bits per heavy atom. The highest BCUT2D eigenvalue weighted by Gasteiger charge is 2.18. The molecule has 0 radical (unpaired) electrons. The Labute approximate surface area is 154 Å². The Hall–Kier alpha value is -2.82. The average molecular weight is 355 g/mol. The number of methoxy groups -OCH3 is 1. The van der Waals surface area contributed by atoms with Crippen LogP contribution >= 0.6 is 0 Å². The number of ether oxygens (including phenoxy) is 2. The molecule has 1 atom stereocenters. The molecule has 1 N–H and O–H groups in total. The minimum Gasteiger partial charge on any atom is -0.497 e. The molecule has 5 heteroatoms. The molecule has 0 aliphatic rings. The van der Waals surface area contributed by atoms with Crippen molar-refractivity contribution in [3.63, 3.8) is 0 Å². The van der Waals surface area contributed by atoms with E-state index in [2.05, 4.69) is 19.2 Å². The number of benzene rings is 2. The van der Waals surface area contributed by atoms with Crippen LogP contribution in [-0.2, 0) is 20.7 Å². The standard InChI is InChI=1S/C21H25NO4/c1-14(2)17-7-9-18(10-8-17)22-21(24)15(3)26-20(23)13-16-5-11-19(25-4)12-6-16/h5-12,14-15H,13H2,1-4H3,(H,22,24)/t15-/m0/s1. The van der Waals surface area contributed by atoms with Crippen LogP contribution in [0.25, 0.3) is 0 Å². The molecule has 0 unspecified atom stereocenters. The fourth-order valence-corrected chi connectivity index (χ4v) is 2.40. The summed E-state index contributed by atoms with van der Waals surface area (Å²) in [4.78, 5) is 24.2. The zero-order valence-corrected chi connectivity index (χ0v) is 15.6. The summed E-state index contributed by atoms with van der Waals surface area (Å²) in [6, 6.07) is 14.8. The van der Waals surface area contributed by atoms with Crippen molar-refractivity contribution >= 4 is 17.6 Å². The third-order valence-electron chi connectivity index (χ3n) is 4.03. The van der Waals surface area contributed by atoms with Gasteiger partial charge in [0.2, 0.25) is 0 Å². The van der Waals surface area contributed by atoms with Crippen LogP contribution in [0, 0.1) is 0 Å². The summed E-state index contributed by atoms with van der Waals surface area (Å²) in [5.41, 5.74) is 2.67. The van der Waals surface area contributed by atoms with Gasteiger partial charge in [-0.3, -0.25) is 9.59 Å². The lowest BCUT2D eigenvalue weighted by Crippen LogP contribution is -2.30. The average Bonchev–Trinajstić information content (AvgIpc) is 2.62. The quantitative estimate of drug-likeness (QED) is 0.764. The monoisotopic (exact) mass is 355 g/mol. The highest BCUT2D eigenvalue weighted by molar-refractivity contribution is 5.95. The van der Waals surface area contributed by atoms with Crippen molar-refractivity contribution in [2.24, 2.45) is 0 Å². The Morgan fingerprint density at radius 3 is 2.12 bits per heavy atom. The van der Waals surface area contributed by atoms with Crippen LogP contribution in [0.5, 0.6) is 5.75 Å². The minimum atomic E-state index is -0.870. The van der Waals surface area contributed by atoms with Crippen LogP contribution in [0.4, 0.5) is 5.69 Å². The normalized spacial score (nSPS) is 11.7. The van der Waals surface area contributed by atoms with Gasteiger partial charge in [-0.05, 0) is 48.2 Å². The van der Waals surface area contributed by atoms with Gasteiger partial charge >= 0.3 is 5.97 Å². The summed E-state index contributed by atoms with van der Waals surface area (Å²) >= 11 is 0. The number of hydrogen-bond acceptors (Lipinski definition) is 4. The van der Waals surface area contributed by atoms with E-state index < -0.39 is 12.1 Å². The molecule has 0 bridgehead atoms. The molecule has 2 aromatic carbocycles. The SMILES string of the molecule is COc1ccc(CC(=O)O[C@@H](C)C(=O)Nc2ccc(C(C)C)cc2)cc1. The molecule has 1 amide bonds. The number of esters is 1. The third-order valence-corrected chi connectivity index (χ3v) is 4.03. The van der Waals surface area contributed by atoms with E-state index in [1.165, 1.54) is 5.56 Å². The molecule has 0 heterocycles. The van der Waals surface area contributed by atoms with E-state index in [0.29, 0.717) is 11.6 Å². The second-order valence-electron chi connectivity index (χ2n) is 6.42. The molecule has 26 heavy (non-hydrogen) atoms. The molecule has 0 fully saturated rings. The molecule has 2 aromatic rings.